The monoisotopic (exact) mass is 330 g/mol. The Labute approximate surface area is 117 Å². The number of aromatic nitrogens is 3. The summed E-state index contributed by atoms with van der Waals surface area (Å²) >= 11 is 3.08. The molecule has 8 heteroatoms. The highest BCUT2D eigenvalue weighted by Gasteiger charge is 2.30. The van der Waals surface area contributed by atoms with Crippen LogP contribution in [0.4, 0.5) is 14.9 Å². The first-order chi connectivity index (χ1) is 8.70. The fourth-order valence-corrected chi connectivity index (χ4v) is 2.14. The minimum atomic E-state index is -1.23. The molecule has 0 atom stereocenters. The summed E-state index contributed by atoms with van der Waals surface area (Å²) < 4.78 is 15.6. The number of pyridine rings is 1. The third-order valence-corrected chi connectivity index (χ3v) is 2.82. The van der Waals surface area contributed by atoms with Crippen molar-refractivity contribution in [2.75, 3.05) is 4.90 Å². The van der Waals surface area contributed by atoms with Gasteiger partial charge in [-0.2, -0.15) is 0 Å². The molecule has 1 N–H and O–H groups in total. The summed E-state index contributed by atoms with van der Waals surface area (Å²) in [5, 5.41) is 13.2. The number of hydrogen-bond donors (Lipinski definition) is 1. The summed E-state index contributed by atoms with van der Waals surface area (Å²) in [5.74, 6) is -0.678. The Morgan fingerprint density at radius 1 is 1.53 bits per heavy atom. The van der Waals surface area contributed by atoms with E-state index in [0.717, 1.165) is 11.1 Å². The molecule has 0 bridgehead atoms. The highest BCUT2D eigenvalue weighted by atomic mass is 79.9. The van der Waals surface area contributed by atoms with Gasteiger partial charge in [0.2, 0.25) is 4.73 Å². The summed E-state index contributed by atoms with van der Waals surface area (Å²) in [6.45, 7) is 5.06. The minimum absolute atomic E-state index is 0.0487. The normalized spacial score (nSPS) is 11.8. The van der Waals surface area contributed by atoms with Gasteiger partial charge in [0.05, 0.1) is 11.9 Å². The zero-order valence-electron chi connectivity index (χ0n) is 10.6. The summed E-state index contributed by atoms with van der Waals surface area (Å²) in [7, 11) is 0. The summed E-state index contributed by atoms with van der Waals surface area (Å²) in [6.07, 6.45) is -0.126. The first-order valence-electron chi connectivity index (χ1n) is 5.45. The topological polar surface area (TPSA) is 70.7 Å². The number of anilines is 1. The van der Waals surface area contributed by atoms with E-state index in [0.29, 0.717) is 10.4 Å². The van der Waals surface area contributed by atoms with Crippen LogP contribution in [0.2, 0.25) is 0 Å². The summed E-state index contributed by atoms with van der Waals surface area (Å²) in [5.41, 5.74) is -0.464. The predicted octanol–water partition coefficient (Wildman–Crippen LogP) is 2.91. The number of halogens is 2. The lowest BCUT2D eigenvalue weighted by Gasteiger charge is -2.33. The van der Waals surface area contributed by atoms with Gasteiger partial charge in [-0.3, -0.25) is 4.90 Å². The van der Waals surface area contributed by atoms with Crippen molar-refractivity contribution in [3.8, 4) is 0 Å². The van der Waals surface area contributed by atoms with Crippen molar-refractivity contribution in [1.82, 2.24) is 14.6 Å². The predicted molar refractivity (Wildman–Crippen MR) is 70.9 cm³/mol. The molecule has 0 aromatic carbocycles. The molecule has 0 aliphatic rings. The van der Waals surface area contributed by atoms with Gasteiger partial charge in [0, 0.05) is 11.6 Å². The largest absolute Gasteiger partial charge is 0.465 e. The fraction of sp³-hybridized carbons (Fsp3) is 0.364. The smallest absolute Gasteiger partial charge is 0.412 e. The molecular formula is C11H12BrFN4O2. The van der Waals surface area contributed by atoms with Crippen LogP contribution in [-0.4, -0.2) is 31.3 Å². The van der Waals surface area contributed by atoms with Crippen molar-refractivity contribution < 1.29 is 14.3 Å². The molecule has 2 aromatic rings. The standard InChI is InChI=1S/C11H12BrFN4O2/c1-11(2,3)17(10(18)19)7-4-8-14-9(12)15-16(8)5-6(7)13/h4-5H,1-3H3,(H,18,19). The van der Waals surface area contributed by atoms with Crippen molar-refractivity contribution in [1.29, 1.82) is 0 Å². The van der Waals surface area contributed by atoms with E-state index in [2.05, 4.69) is 26.0 Å². The number of carboxylic acid groups (broad SMARTS) is 1. The molecule has 0 fully saturated rings. The van der Waals surface area contributed by atoms with Crippen LogP contribution >= 0.6 is 15.9 Å². The molecule has 6 nitrogen and oxygen atoms in total. The molecular weight excluding hydrogens is 319 g/mol. The van der Waals surface area contributed by atoms with Crippen LogP contribution < -0.4 is 4.90 Å². The van der Waals surface area contributed by atoms with Crippen LogP contribution in [-0.2, 0) is 0 Å². The first-order valence-corrected chi connectivity index (χ1v) is 6.24. The van der Waals surface area contributed by atoms with Crippen LogP contribution in [0.25, 0.3) is 5.65 Å². The average molecular weight is 331 g/mol. The molecule has 19 heavy (non-hydrogen) atoms. The van der Waals surface area contributed by atoms with Gasteiger partial charge in [0.25, 0.3) is 0 Å². The molecule has 0 aliphatic carbocycles. The van der Waals surface area contributed by atoms with Gasteiger partial charge in [-0.25, -0.2) is 18.7 Å². The lowest BCUT2D eigenvalue weighted by Crippen LogP contribution is -2.45. The molecule has 2 rings (SSSR count). The molecule has 102 valence electrons. The number of nitrogens with zero attached hydrogens (tertiary/aromatic N) is 4. The SMILES string of the molecule is CC(C)(C)N(C(=O)O)c1cc2nc(Br)nn2cc1F. The second-order valence-electron chi connectivity index (χ2n) is 4.98. The van der Waals surface area contributed by atoms with Crippen molar-refractivity contribution in [2.24, 2.45) is 0 Å². The van der Waals surface area contributed by atoms with E-state index in [1.54, 1.807) is 20.8 Å². The van der Waals surface area contributed by atoms with E-state index in [1.807, 2.05) is 0 Å². The molecule has 0 radical (unpaired) electrons. The molecule has 0 spiro atoms. The van der Waals surface area contributed by atoms with Gasteiger partial charge in [-0.05, 0) is 36.7 Å². The lowest BCUT2D eigenvalue weighted by molar-refractivity contribution is 0.195. The van der Waals surface area contributed by atoms with Crippen LogP contribution in [0, 0.1) is 5.82 Å². The van der Waals surface area contributed by atoms with Gasteiger partial charge in [0.1, 0.15) is 0 Å². The van der Waals surface area contributed by atoms with Gasteiger partial charge in [0.15, 0.2) is 11.5 Å². The van der Waals surface area contributed by atoms with Crippen LogP contribution in [0.15, 0.2) is 17.0 Å². The number of hydrogen-bond acceptors (Lipinski definition) is 3. The number of fused-ring (bicyclic) bond motifs is 1. The third-order valence-electron chi connectivity index (χ3n) is 2.48. The van der Waals surface area contributed by atoms with Crippen LogP contribution in [0.1, 0.15) is 20.8 Å². The fourth-order valence-electron chi connectivity index (χ4n) is 1.79. The van der Waals surface area contributed by atoms with Gasteiger partial charge in [-0.1, -0.05) is 0 Å². The molecule has 2 aromatic heterocycles. The molecule has 2 heterocycles. The molecule has 0 aliphatic heterocycles. The van der Waals surface area contributed by atoms with Crippen molar-refractivity contribution >= 4 is 33.4 Å². The zero-order valence-corrected chi connectivity index (χ0v) is 12.1. The van der Waals surface area contributed by atoms with E-state index >= 15 is 0 Å². The van der Waals surface area contributed by atoms with Gasteiger partial charge < -0.3 is 5.11 Å². The van der Waals surface area contributed by atoms with Crippen molar-refractivity contribution in [2.45, 2.75) is 26.3 Å². The Balaban J connectivity index is 2.65. The van der Waals surface area contributed by atoms with Gasteiger partial charge in [-0.15, -0.1) is 5.10 Å². The summed E-state index contributed by atoms with van der Waals surface area (Å²) in [6, 6.07) is 1.35. The maximum atomic E-state index is 14.1. The Bertz CT molecular complexity index is 650. The van der Waals surface area contributed by atoms with E-state index in [1.165, 1.54) is 10.6 Å². The van der Waals surface area contributed by atoms with E-state index in [-0.39, 0.29) is 5.69 Å². The van der Waals surface area contributed by atoms with E-state index in [4.69, 9.17) is 0 Å². The zero-order chi connectivity index (χ0) is 14.4. The minimum Gasteiger partial charge on any atom is -0.465 e. The van der Waals surface area contributed by atoms with E-state index in [9.17, 15) is 14.3 Å². The highest BCUT2D eigenvalue weighted by Crippen LogP contribution is 2.28. The highest BCUT2D eigenvalue weighted by molar-refractivity contribution is 9.10. The second-order valence-corrected chi connectivity index (χ2v) is 5.69. The number of rotatable bonds is 1. The summed E-state index contributed by atoms with van der Waals surface area (Å²) in [4.78, 5) is 16.3. The molecule has 1 amide bonds. The Hall–Kier alpha value is -1.70. The van der Waals surface area contributed by atoms with Crippen LogP contribution in [0.3, 0.4) is 0 Å². The van der Waals surface area contributed by atoms with Crippen molar-refractivity contribution in [3.05, 3.63) is 22.8 Å². The Kier molecular flexibility index (Phi) is 3.21. The quantitative estimate of drug-likeness (QED) is 0.872. The van der Waals surface area contributed by atoms with E-state index < -0.39 is 17.4 Å². The number of amides is 1. The maximum Gasteiger partial charge on any atom is 0.412 e. The second kappa shape index (κ2) is 4.44. The lowest BCUT2D eigenvalue weighted by atomic mass is 10.1. The third kappa shape index (κ3) is 2.53. The molecule has 0 unspecified atom stereocenters. The molecule has 0 saturated carbocycles. The Morgan fingerprint density at radius 2 is 2.16 bits per heavy atom. The van der Waals surface area contributed by atoms with Crippen molar-refractivity contribution in [3.63, 3.8) is 0 Å². The number of carbonyl (C=O) groups is 1. The first kappa shape index (κ1) is 13.7. The van der Waals surface area contributed by atoms with Gasteiger partial charge >= 0.3 is 6.09 Å². The van der Waals surface area contributed by atoms with Crippen LogP contribution in [0.5, 0.6) is 0 Å². The average Bonchev–Trinajstić information content (AvgIpc) is 2.55. The Morgan fingerprint density at radius 3 is 2.68 bits per heavy atom. The maximum absolute atomic E-state index is 14.1. The molecule has 0 saturated heterocycles.